The molecule has 1 N–H and O–H groups in total. The Bertz CT molecular complexity index is 533. The minimum absolute atomic E-state index is 0.105. The normalized spacial score (nSPS) is 17.7. The van der Waals surface area contributed by atoms with Crippen molar-refractivity contribution in [1.29, 1.82) is 0 Å². The minimum atomic E-state index is -0.234. The number of methoxy groups -OCH3 is 1. The van der Waals surface area contributed by atoms with E-state index in [1.54, 1.807) is 30.3 Å². The van der Waals surface area contributed by atoms with Crippen molar-refractivity contribution in [3.8, 4) is 11.8 Å². The highest BCUT2D eigenvalue weighted by Gasteiger charge is 2.28. The van der Waals surface area contributed by atoms with Gasteiger partial charge in [0, 0.05) is 32.3 Å². The monoisotopic (exact) mass is 274 g/mol. The van der Waals surface area contributed by atoms with Crippen LogP contribution in [-0.2, 0) is 4.74 Å². The van der Waals surface area contributed by atoms with Crippen molar-refractivity contribution in [3.63, 3.8) is 0 Å². The zero-order chi connectivity index (χ0) is 14.4. The summed E-state index contributed by atoms with van der Waals surface area (Å²) in [6.45, 7) is 1.84. The lowest BCUT2D eigenvalue weighted by Gasteiger charge is -2.16. The van der Waals surface area contributed by atoms with Gasteiger partial charge in [-0.15, -0.1) is 0 Å². The Hall–Kier alpha value is -1.90. The molecule has 20 heavy (non-hydrogen) atoms. The Labute approximate surface area is 118 Å². The van der Waals surface area contributed by atoms with Gasteiger partial charge in [0.25, 0.3) is 5.91 Å². The quantitative estimate of drug-likeness (QED) is 0.817. The molecular formula is C15H18N2O3. The predicted molar refractivity (Wildman–Crippen MR) is 74.1 cm³/mol. The lowest BCUT2D eigenvalue weighted by atomic mass is 10.1. The average molecular weight is 274 g/mol. The molecule has 0 saturated carbocycles. The molecule has 1 unspecified atom stereocenters. The first-order valence-electron chi connectivity index (χ1n) is 6.59. The fourth-order valence-electron chi connectivity index (χ4n) is 2.35. The van der Waals surface area contributed by atoms with E-state index in [0.717, 1.165) is 13.0 Å². The minimum Gasteiger partial charge on any atom is -0.384 e. The van der Waals surface area contributed by atoms with Crippen LogP contribution in [0.5, 0.6) is 0 Å². The summed E-state index contributed by atoms with van der Waals surface area (Å²) >= 11 is 0. The van der Waals surface area contributed by atoms with E-state index in [4.69, 9.17) is 9.84 Å². The molecule has 2 rings (SSSR count). The summed E-state index contributed by atoms with van der Waals surface area (Å²) in [4.78, 5) is 18.4. The molecule has 5 nitrogen and oxygen atoms in total. The van der Waals surface area contributed by atoms with Crippen molar-refractivity contribution in [2.24, 2.45) is 5.92 Å². The molecule has 5 heteroatoms. The molecule has 106 valence electrons. The third-order valence-electron chi connectivity index (χ3n) is 3.29. The zero-order valence-electron chi connectivity index (χ0n) is 11.5. The number of amides is 1. The van der Waals surface area contributed by atoms with Crippen LogP contribution in [0, 0.1) is 17.8 Å². The molecule has 1 amide bonds. The summed E-state index contributed by atoms with van der Waals surface area (Å²) in [7, 11) is 1.67. The van der Waals surface area contributed by atoms with Crippen LogP contribution in [-0.4, -0.2) is 54.3 Å². The van der Waals surface area contributed by atoms with E-state index < -0.39 is 0 Å². The Morgan fingerprint density at radius 2 is 2.50 bits per heavy atom. The molecule has 0 spiro atoms. The van der Waals surface area contributed by atoms with Gasteiger partial charge in [0.2, 0.25) is 0 Å². The SMILES string of the molecule is COCC1CCN(C(=O)c2ncccc2C#CCO)C1. The number of carbonyl (C=O) groups is 1. The van der Waals surface area contributed by atoms with Gasteiger partial charge in [-0.2, -0.15) is 0 Å². The summed E-state index contributed by atoms with van der Waals surface area (Å²) in [6.07, 6.45) is 2.53. The summed E-state index contributed by atoms with van der Waals surface area (Å²) in [5, 5.41) is 8.76. The second-order valence-electron chi connectivity index (χ2n) is 4.72. The van der Waals surface area contributed by atoms with Crippen LogP contribution in [0.15, 0.2) is 18.3 Å². The average Bonchev–Trinajstić information content (AvgIpc) is 2.94. The maximum atomic E-state index is 12.5. The Kier molecular flexibility index (Phi) is 5.10. The lowest BCUT2D eigenvalue weighted by molar-refractivity contribution is 0.0769. The number of rotatable bonds is 3. The van der Waals surface area contributed by atoms with E-state index in [1.165, 1.54) is 0 Å². The van der Waals surface area contributed by atoms with Crippen molar-refractivity contribution in [1.82, 2.24) is 9.88 Å². The third-order valence-corrected chi connectivity index (χ3v) is 3.29. The van der Waals surface area contributed by atoms with Gasteiger partial charge in [-0.3, -0.25) is 4.79 Å². The van der Waals surface area contributed by atoms with Crippen LogP contribution in [0.25, 0.3) is 0 Å². The first-order valence-corrected chi connectivity index (χ1v) is 6.59. The zero-order valence-corrected chi connectivity index (χ0v) is 11.5. The van der Waals surface area contributed by atoms with Crippen LogP contribution in [0.4, 0.5) is 0 Å². The fourth-order valence-corrected chi connectivity index (χ4v) is 2.35. The summed E-state index contributed by atoms with van der Waals surface area (Å²) in [5.74, 6) is 5.61. The topological polar surface area (TPSA) is 62.7 Å². The van der Waals surface area contributed by atoms with Gasteiger partial charge in [-0.05, 0) is 18.6 Å². The number of likely N-dealkylation sites (tertiary alicyclic amines) is 1. The Morgan fingerprint density at radius 1 is 1.65 bits per heavy atom. The predicted octanol–water partition coefficient (Wildman–Crippen LogP) is 0.534. The van der Waals surface area contributed by atoms with Crippen LogP contribution < -0.4 is 0 Å². The molecule has 2 heterocycles. The molecule has 0 radical (unpaired) electrons. The highest BCUT2D eigenvalue weighted by Crippen LogP contribution is 2.19. The van der Waals surface area contributed by atoms with Crippen molar-refractivity contribution >= 4 is 5.91 Å². The number of carbonyl (C=O) groups excluding carboxylic acids is 1. The molecule has 1 aromatic heterocycles. The number of pyridine rings is 1. The molecule has 1 aliphatic heterocycles. The van der Waals surface area contributed by atoms with E-state index >= 15 is 0 Å². The lowest BCUT2D eigenvalue weighted by Crippen LogP contribution is -2.30. The number of aliphatic hydroxyl groups excluding tert-OH is 1. The number of nitrogens with zero attached hydrogens (tertiary/aromatic N) is 2. The van der Waals surface area contributed by atoms with Crippen LogP contribution in [0.1, 0.15) is 22.5 Å². The van der Waals surface area contributed by atoms with Gasteiger partial charge in [-0.25, -0.2) is 4.98 Å². The number of aromatic nitrogens is 1. The molecule has 0 aliphatic carbocycles. The number of ether oxygens (including phenoxy) is 1. The molecule has 1 saturated heterocycles. The number of hydrogen-bond acceptors (Lipinski definition) is 4. The van der Waals surface area contributed by atoms with Gasteiger partial charge in [0.15, 0.2) is 0 Å². The smallest absolute Gasteiger partial charge is 0.273 e. The van der Waals surface area contributed by atoms with E-state index in [1.807, 2.05) is 0 Å². The van der Waals surface area contributed by atoms with Crippen LogP contribution >= 0.6 is 0 Å². The Morgan fingerprint density at radius 3 is 3.25 bits per heavy atom. The highest BCUT2D eigenvalue weighted by molar-refractivity contribution is 5.94. The van der Waals surface area contributed by atoms with Crippen molar-refractivity contribution in [2.75, 3.05) is 33.4 Å². The first-order chi connectivity index (χ1) is 9.76. The summed E-state index contributed by atoms with van der Waals surface area (Å²) in [6, 6.07) is 3.47. The highest BCUT2D eigenvalue weighted by atomic mass is 16.5. The Balaban J connectivity index is 2.14. The van der Waals surface area contributed by atoms with Gasteiger partial charge >= 0.3 is 0 Å². The molecule has 1 aromatic rings. The molecule has 0 bridgehead atoms. The largest absolute Gasteiger partial charge is 0.384 e. The van der Waals surface area contributed by atoms with Crippen molar-refractivity contribution in [2.45, 2.75) is 6.42 Å². The van der Waals surface area contributed by atoms with Gasteiger partial charge in [0.05, 0.1) is 12.2 Å². The third kappa shape index (κ3) is 3.35. The van der Waals surface area contributed by atoms with Gasteiger partial charge in [0.1, 0.15) is 12.3 Å². The van der Waals surface area contributed by atoms with Gasteiger partial charge < -0.3 is 14.7 Å². The first kappa shape index (κ1) is 14.5. The van der Waals surface area contributed by atoms with E-state index in [0.29, 0.717) is 30.3 Å². The van der Waals surface area contributed by atoms with Gasteiger partial charge in [-0.1, -0.05) is 11.8 Å². The van der Waals surface area contributed by atoms with Crippen LogP contribution in [0.3, 0.4) is 0 Å². The second kappa shape index (κ2) is 7.04. The van der Waals surface area contributed by atoms with E-state index in [-0.39, 0.29) is 12.5 Å². The molecule has 1 fully saturated rings. The molecular weight excluding hydrogens is 256 g/mol. The standard InChI is InChI=1S/C15H18N2O3/c1-20-11-12-6-8-17(10-12)15(19)14-13(5-3-9-18)4-2-7-16-14/h2,4,7,12,18H,6,8-11H2,1H3. The van der Waals surface area contributed by atoms with Crippen LogP contribution in [0.2, 0.25) is 0 Å². The van der Waals surface area contributed by atoms with E-state index in [2.05, 4.69) is 16.8 Å². The summed E-state index contributed by atoms with van der Waals surface area (Å²) < 4.78 is 5.13. The fraction of sp³-hybridized carbons (Fsp3) is 0.467. The number of hydrogen-bond donors (Lipinski definition) is 1. The maximum Gasteiger partial charge on any atom is 0.273 e. The maximum absolute atomic E-state index is 12.5. The van der Waals surface area contributed by atoms with Crippen molar-refractivity contribution < 1.29 is 14.6 Å². The summed E-state index contributed by atoms with van der Waals surface area (Å²) in [5.41, 5.74) is 0.910. The molecule has 1 aliphatic rings. The van der Waals surface area contributed by atoms with E-state index in [9.17, 15) is 4.79 Å². The second-order valence-corrected chi connectivity index (χ2v) is 4.72. The van der Waals surface area contributed by atoms with Crippen molar-refractivity contribution in [3.05, 3.63) is 29.6 Å². The molecule has 1 atom stereocenters. The number of aliphatic hydroxyl groups is 1. The molecule has 0 aromatic carbocycles.